The van der Waals surface area contributed by atoms with Gasteiger partial charge in [-0.3, -0.25) is 9.59 Å². The van der Waals surface area contributed by atoms with Gasteiger partial charge in [0.2, 0.25) is 5.76 Å². The summed E-state index contributed by atoms with van der Waals surface area (Å²) in [4.78, 5) is 44.8. The molecule has 0 aliphatic carbocycles. The summed E-state index contributed by atoms with van der Waals surface area (Å²) in [6, 6.07) is 6.24. The smallest absolute Gasteiger partial charge is 0.401 e. The Bertz CT molecular complexity index is 714. The van der Waals surface area contributed by atoms with Crippen molar-refractivity contribution in [3.8, 4) is 0 Å². The molecule has 0 saturated carbocycles. The Hall–Kier alpha value is -2.96. The van der Waals surface area contributed by atoms with Crippen LogP contribution in [0.4, 0.5) is 0 Å². The van der Waals surface area contributed by atoms with Gasteiger partial charge < -0.3 is 9.25 Å². The molecule has 1 aliphatic rings. The molecule has 0 saturated heterocycles. The molecule has 2 aromatic rings. The van der Waals surface area contributed by atoms with E-state index in [0.29, 0.717) is 17.2 Å². The first-order valence-corrected chi connectivity index (χ1v) is 6.26. The van der Waals surface area contributed by atoms with E-state index in [0.717, 1.165) is 6.39 Å². The average Bonchev–Trinajstić information content (AvgIpc) is 3.07. The summed E-state index contributed by atoms with van der Waals surface area (Å²) in [5.41, 5.74) is 0.795. The number of carbonyl (C=O) groups is 3. The summed E-state index contributed by atoms with van der Waals surface area (Å²) in [6.07, 6.45) is 1.57. The zero-order valence-electron chi connectivity index (χ0n) is 11.0. The maximum Gasteiger partial charge on any atom is 0.401 e. The zero-order chi connectivity index (χ0) is 15.0. The number of rotatable bonds is 3. The van der Waals surface area contributed by atoms with Crippen LogP contribution in [0.1, 0.15) is 43.9 Å². The second-order valence-electron chi connectivity index (χ2n) is 4.31. The molecule has 0 radical (unpaired) electrons. The van der Waals surface area contributed by atoms with Gasteiger partial charge in [0.15, 0.2) is 6.39 Å². The molecule has 0 unspecified atom stereocenters. The Morgan fingerprint density at radius 2 is 1.86 bits per heavy atom. The average molecular weight is 286 g/mol. The number of hydrogen-bond donors (Lipinski definition) is 0. The van der Waals surface area contributed by atoms with Gasteiger partial charge in [0.25, 0.3) is 11.8 Å². The second-order valence-corrected chi connectivity index (χ2v) is 4.31. The predicted molar refractivity (Wildman–Crippen MR) is 68.2 cm³/mol. The highest BCUT2D eigenvalue weighted by molar-refractivity contribution is 6.21. The maximum absolute atomic E-state index is 12.0. The highest BCUT2D eigenvalue weighted by atomic mass is 16.7. The molecule has 2 heterocycles. The molecule has 7 nitrogen and oxygen atoms in total. The lowest BCUT2D eigenvalue weighted by Crippen LogP contribution is -2.32. The summed E-state index contributed by atoms with van der Waals surface area (Å²) in [5, 5.41) is 0.439. The molecule has 2 amide bonds. The molecular weight excluding hydrogens is 276 g/mol. The van der Waals surface area contributed by atoms with Gasteiger partial charge in [-0.2, -0.15) is 0 Å². The van der Waals surface area contributed by atoms with Crippen molar-refractivity contribution in [1.82, 2.24) is 10.0 Å². The minimum Gasteiger partial charge on any atom is -0.436 e. The number of aryl methyl sites for hydroxylation is 1. The lowest BCUT2D eigenvalue weighted by atomic mass is 10.1. The highest BCUT2D eigenvalue weighted by Crippen LogP contribution is 2.23. The Labute approximate surface area is 119 Å². The number of benzene rings is 1. The van der Waals surface area contributed by atoms with E-state index in [-0.39, 0.29) is 16.9 Å². The molecule has 106 valence electrons. The van der Waals surface area contributed by atoms with Crippen molar-refractivity contribution >= 4 is 17.8 Å². The van der Waals surface area contributed by atoms with E-state index in [4.69, 9.17) is 9.25 Å². The van der Waals surface area contributed by atoms with E-state index < -0.39 is 17.8 Å². The number of fused-ring (bicyclic) bond motifs is 1. The largest absolute Gasteiger partial charge is 0.436 e. The van der Waals surface area contributed by atoms with Crippen molar-refractivity contribution in [2.45, 2.75) is 13.3 Å². The van der Waals surface area contributed by atoms with Gasteiger partial charge in [-0.05, 0) is 18.6 Å². The lowest BCUT2D eigenvalue weighted by Gasteiger charge is -2.11. The molecule has 0 bridgehead atoms. The molecule has 0 fully saturated rings. The van der Waals surface area contributed by atoms with Crippen LogP contribution in [0.15, 0.2) is 35.1 Å². The third-order valence-electron chi connectivity index (χ3n) is 3.09. The van der Waals surface area contributed by atoms with Crippen LogP contribution < -0.4 is 0 Å². The number of hydroxylamine groups is 2. The topological polar surface area (TPSA) is 89.7 Å². The standard InChI is InChI=1S/C14H10N2O5/c1-2-10-11(20-7-15-10)14(19)21-16-12(17)8-5-3-4-6-9(8)13(16)18/h3-7H,2H2,1H3. The Kier molecular flexibility index (Phi) is 3.02. The zero-order valence-corrected chi connectivity index (χ0v) is 11.0. The minimum atomic E-state index is -0.932. The third-order valence-corrected chi connectivity index (χ3v) is 3.09. The fraction of sp³-hybridized carbons (Fsp3) is 0.143. The van der Waals surface area contributed by atoms with Crippen LogP contribution in [0.5, 0.6) is 0 Å². The SMILES string of the molecule is CCc1ncoc1C(=O)ON1C(=O)c2ccccc2C1=O. The number of oxazole rings is 1. The maximum atomic E-state index is 12.0. The van der Waals surface area contributed by atoms with Crippen LogP contribution in [-0.4, -0.2) is 27.8 Å². The number of aromatic nitrogens is 1. The van der Waals surface area contributed by atoms with E-state index in [1.807, 2.05) is 0 Å². The first kappa shape index (κ1) is 13.0. The molecule has 3 rings (SSSR count). The van der Waals surface area contributed by atoms with E-state index in [1.165, 1.54) is 12.1 Å². The van der Waals surface area contributed by atoms with Crippen molar-refractivity contribution < 1.29 is 23.6 Å². The quantitative estimate of drug-likeness (QED) is 0.796. The van der Waals surface area contributed by atoms with Crippen LogP contribution in [0.3, 0.4) is 0 Å². The number of imide groups is 1. The number of nitrogens with zero attached hydrogens (tertiary/aromatic N) is 2. The van der Waals surface area contributed by atoms with Crippen LogP contribution in [0.2, 0.25) is 0 Å². The Morgan fingerprint density at radius 3 is 2.43 bits per heavy atom. The number of amides is 2. The van der Waals surface area contributed by atoms with Crippen LogP contribution in [0, 0.1) is 0 Å². The van der Waals surface area contributed by atoms with Crippen molar-refractivity contribution in [1.29, 1.82) is 0 Å². The fourth-order valence-corrected chi connectivity index (χ4v) is 2.06. The highest BCUT2D eigenvalue weighted by Gasteiger charge is 2.39. The summed E-state index contributed by atoms with van der Waals surface area (Å²) in [6.45, 7) is 1.79. The minimum absolute atomic E-state index is 0.117. The first-order chi connectivity index (χ1) is 10.1. The monoisotopic (exact) mass is 286 g/mol. The molecular formula is C14H10N2O5. The van der Waals surface area contributed by atoms with Crippen molar-refractivity contribution in [2.24, 2.45) is 0 Å². The molecule has 1 aliphatic heterocycles. The number of carbonyl (C=O) groups excluding carboxylic acids is 3. The summed E-state index contributed by atoms with van der Waals surface area (Å²) >= 11 is 0. The molecule has 0 N–H and O–H groups in total. The lowest BCUT2D eigenvalue weighted by molar-refractivity contribution is -0.0604. The summed E-state index contributed by atoms with van der Waals surface area (Å²) < 4.78 is 4.94. The van der Waals surface area contributed by atoms with Crippen LogP contribution >= 0.6 is 0 Å². The molecule has 0 atom stereocenters. The third kappa shape index (κ3) is 1.99. The molecule has 0 spiro atoms. The normalized spacial score (nSPS) is 13.5. The van der Waals surface area contributed by atoms with E-state index >= 15 is 0 Å². The van der Waals surface area contributed by atoms with Crippen molar-refractivity contribution in [2.75, 3.05) is 0 Å². The van der Waals surface area contributed by atoms with E-state index in [9.17, 15) is 14.4 Å². The first-order valence-electron chi connectivity index (χ1n) is 6.26. The molecule has 1 aromatic carbocycles. The van der Waals surface area contributed by atoms with E-state index in [1.54, 1.807) is 19.1 Å². The Morgan fingerprint density at radius 1 is 1.24 bits per heavy atom. The van der Waals surface area contributed by atoms with Crippen LogP contribution in [-0.2, 0) is 11.3 Å². The van der Waals surface area contributed by atoms with Gasteiger partial charge in [-0.1, -0.05) is 24.1 Å². The number of hydrogen-bond acceptors (Lipinski definition) is 6. The summed E-state index contributed by atoms with van der Waals surface area (Å²) in [5.74, 6) is -2.41. The Balaban J connectivity index is 1.86. The van der Waals surface area contributed by atoms with Gasteiger partial charge in [0.05, 0.1) is 16.8 Å². The fourth-order valence-electron chi connectivity index (χ4n) is 2.06. The van der Waals surface area contributed by atoms with Gasteiger partial charge in [0.1, 0.15) is 0 Å². The van der Waals surface area contributed by atoms with E-state index in [2.05, 4.69) is 4.98 Å². The van der Waals surface area contributed by atoms with Crippen molar-refractivity contribution in [3.63, 3.8) is 0 Å². The van der Waals surface area contributed by atoms with Crippen LogP contribution in [0.25, 0.3) is 0 Å². The van der Waals surface area contributed by atoms with Gasteiger partial charge in [-0.15, -0.1) is 0 Å². The molecule has 1 aromatic heterocycles. The second kappa shape index (κ2) is 4.86. The summed E-state index contributed by atoms with van der Waals surface area (Å²) in [7, 11) is 0. The van der Waals surface area contributed by atoms with Crippen molar-refractivity contribution in [3.05, 3.63) is 53.2 Å². The van der Waals surface area contributed by atoms with Gasteiger partial charge in [-0.25, -0.2) is 9.78 Å². The van der Waals surface area contributed by atoms with Gasteiger partial charge >= 0.3 is 5.97 Å². The molecule has 7 heteroatoms. The van der Waals surface area contributed by atoms with Gasteiger partial charge in [0, 0.05) is 0 Å². The molecule has 21 heavy (non-hydrogen) atoms. The predicted octanol–water partition coefficient (Wildman–Crippen LogP) is 1.60.